The highest BCUT2D eigenvalue weighted by atomic mass is 32.2. The van der Waals surface area contributed by atoms with Gasteiger partial charge < -0.3 is 5.32 Å². The molecule has 0 aliphatic carbocycles. The molecular weight excluding hydrogens is 342 g/mol. The first kappa shape index (κ1) is 17.0. The van der Waals surface area contributed by atoms with E-state index in [0.29, 0.717) is 22.1 Å². The van der Waals surface area contributed by atoms with Crippen LogP contribution in [0, 0.1) is 0 Å². The fourth-order valence-corrected chi connectivity index (χ4v) is 4.27. The van der Waals surface area contributed by atoms with Gasteiger partial charge in [0.25, 0.3) is 5.91 Å². The first-order valence-corrected chi connectivity index (χ1v) is 9.77. The van der Waals surface area contributed by atoms with Gasteiger partial charge in [-0.25, -0.2) is 4.98 Å². The first-order chi connectivity index (χ1) is 11.6. The van der Waals surface area contributed by atoms with Gasteiger partial charge in [0.05, 0.1) is 17.1 Å². The average Bonchev–Trinajstić information content (AvgIpc) is 2.96. The Kier molecular flexibility index (Phi) is 5.20. The lowest BCUT2D eigenvalue weighted by Gasteiger charge is -2.16. The summed E-state index contributed by atoms with van der Waals surface area (Å²) in [6.45, 7) is 4.22. The van der Waals surface area contributed by atoms with Crippen molar-refractivity contribution in [3.63, 3.8) is 0 Å². The zero-order valence-electron chi connectivity index (χ0n) is 13.6. The highest BCUT2D eigenvalue weighted by Gasteiger charge is 2.18. The molecule has 1 aliphatic rings. The van der Waals surface area contributed by atoms with Gasteiger partial charge in [0.2, 0.25) is 5.91 Å². The van der Waals surface area contributed by atoms with E-state index in [1.165, 1.54) is 28.0 Å². The molecule has 1 aromatic heterocycles. The molecule has 2 aromatic rings. The number of thioether (sulfide) groups is 1. The number of nitrogens with zero attached hydrogens (tertiary/aromatic N) is 1. The number of aryl methyl sites for hydroxylation is 2. The minimum Gasteiger partial charge on any atom is -0.324 e. The molecule has 0 saturated carbocycles. The molecule has 0 spiro atoms. The van der Waals surface area contributed by atoms with Crippen molar-refractivity contribution < 1.29 is 9.59 Å². The van der Waals surface area contributed by atoms with Crippen molar-refractivity contribution in [3.05, 3.63) is 34.3 Å². The van der Waals surface area contributed by atoms with Crippen LogP contribution in [0.4, 0.5) is 10.8 Å². The van der Waals surface area contributed by atoms with Gasteiger partial charge in [-0.3, -0.25) is 14.9 Å². The van der Waals surface area contributed by atoms with Crippen LogP contribution in [0.15, 0.2) is 23.1 Å². The van der Waals surface area contributed by atoms with Crippen LogP contribution in [-0.2, 0) is 17.6 Å². The summed E-state index contributed by atoms with van der Waals surface area (Å²) in [5.41, 5.74) is 2.29. The topological polar surface area (TPSA) is 71.1 Å². The van der Waals surface area contributed by atoms with E-state index in [0.717, 1.165) is 29.9 Å². The van der Waals surface area contributed by atoms with Crippen LogP contribution in [0.1, 0.15) is 41.2 Å². The summed E-state index contributed by atoms with van der Waals surface area (Å²) in [6.07, 6.45) is 2.88. The maximum atomic E-state index is 12.5. The molecule has 126 valence electrons. The third kappa shape index (κ3) is 3.62. The van der Waals surface area contributed by atoms with Crippen molar-refractivity contribution in [1.82, 2.24) is 4.98 Å². The molecule has 24 heavy (non-hydrogen) atoms. The predicted molar refractivity (Wildman–Crippen MR) is 99.2 cm³/mol. The van der Waals surface area contributed by atoms with Gasteiger partial charge in [-0.05, 0) is 31.0 Å². The summed E-state index contributed by atoms with van der Waals surface area (Å²) < 4.78 is 0. The molecule has 3 rings (SSSR count). The summed E-state index contributed by atoms with van der Waals surface area (Å²) in [5.74, 6) is 0.168. The number of carbonyl (C=O) groups excluding carboxylic acids is 2. The molecule has 0 atom stereocenters. The number of fused-ring (bicyclic) bond motifs is 1. The Hall–Kier alpha value is -1.86. The van der Waals surface area contributed by atoms with E-state index in [2.05, 4.69) is 29.5 Å². The van der Waals surface area contributed by atoms with Gasteiger partial charge in [-0.1, -0.05) is 20.3 Å². The smallest absolute Gasteiger partial charge is 0.257 e. The second kappa shape index (κ2) is 7.36. The number of hydrogen-bond donors (Lipinski definition) is 2. The molecule has 0 radical (unpaired) electrons. The van der Waals surface area contributed by atoms with Crippen molar-refractivity contribution in [1.29, 1.82) is 0 Å². The number of thiazole rings is 1. The zero-order chi connectivity index (χ0) is 17.1. The Bertz CT molecular complexity index is 786. The van der Waals surface area contributed by atoms with Crippen LogP contribution in [0.5, 0.6) is 0 Å². The molecule has 2 amide bonds. The highest BCUT2D eigenvalue weighted by Crippen LogP contribution is 2.32. The molecule has 2 N–H and O–H groups in total. The largest absolute Gasteiger partial charge is 0.324 e. The number of anilines is 2. The zero-order valence-corrected chi connectivity index (χ0v) is 15.3. The maximum Gasteiger partial charge on any atom is 0.257 e. The molecule has 2 heterocycles. The van der Waals surface area contributed by atoms with E-state index in [4.69, 9.17) is 0 Å². The predicted octanol–water partition coefficient (Wildman–Crippen LogP) is 3.95. The molecule has 0 unspecified atom stereocenters. The Labute approximate surface area is 149 Å². The molecule has 1 aliphatic heterocycles. The molecule has 0 fully saturated rings. The van der Waals surface area contributed by atoms with Gasteiger partial charge in [0.1, 0.15) is 0 Å². The van der Waals surface area contributed by atoms with Crippen LogP contribution < -0.4 is 10.6 Å². The van der Waals surface area contributed by atoms with Crippen LogP contribution in [-0.4, -0.2) is 22.6 Å². The molecule has 5 nitrogen and oxygen atoms in total. The summed E-state index contributed by atoms with van der Waals surface area (Å²) in [7, 11) is 0. The first-order valence-electron chi connectivity index (χ1n) is 7.97. The SMILES string of the molecule is CCCc1nc(NC(=O)c2ccc3c(c2)NC(=O)CS3)sc1CC. The van der Waals surface area contributed by atoms with Crippen LogP contribution in [0.2, 0.25) is 0 Å². The van der Waals surface area contributed by atoms with Gasteiger partial charge in [-0.2, -0.15) is 0 Å². The number of amides is 2. The lowest BCUT2D eigenvalue weighted by atomic mass is 10.2. The van der Waals surface area contributed by atoms with Crippen molar-refractivity contribution in [2.75, 3.05) is 16.4 Å². The molecule has 0 saturated heterocycles. The second-order valence-electron chi connectivity index (χ2n) is 5.49. The minimum absolute atomic E-state index is 0.0400. The van der Waals surface area contributed by atoms with Gasteiger partial charge in [0.15, 0.2) is 5.13 Å². The van der Waals surface area contributed by atoms with Gasteiger partial charge in [0, 0.05) is 15.3 Å². The van der Waals surface area contributed by atoms with E-state index < -0.39 is 0 Å². The van der Waals surface area contributed by atoms with Crippen molar-refractivity contribution in [2.45, 2.75) is 38.0 Å². The lowest BCUT2D eigenvalue weighted by molar-refractivity contribution is -0.113. The number of carbonyl (C=O) groups is 2. The molecule has 1 aromatic carbocycles. The lowest BCUT2D eigenvalue weighted by Crippen LogP contribution is -2.19. The maximum absolute atomic E-state index is 12.5. The van der Waals surface area contributed by atoms with Crippen molar-refractivity contribution >= 4 is 45.7 Å². The molecule has 0 bridgehead atoms. The van der Waals surface area contributed by atoms with Crippen molar-refractivity contribution in [3.8, 4) is 0 Å². The number of nitrogens with one attached hydrogen (secondary N) is 2. The molecule has 7 heteroatoms. The Balaban J connectivity index is 1.78. The summed E-state index contributed by atoms with van der Waals surface area (Å²) in [6, 6.07) is 5.37. The molecular formula is C17H19N3O2S2. The minimum atomic E-state index is -0.206. The third-order valence-electron chi connectivity index (χ3n) is 3.68. The van der Waals surface area contributed by atoms with E-state index in [-0.39, 0.29) is 11.8 Å². The second-order valence-corrected chi connectivity index (χ2v) is 7.60. The van der Waals surface area contributed by atoms with Crippen LogP contribution in [0.25, 0.3) is 0 Å². The standard InChI is InChI=1S/C17H19N3O2S2/c1-3-5-11-13(4-2)24-17(19-11)20-16(22)10-6-7-14-12(8-10)18-15(21)9-23-14/h6-8H,3-5,9H2,1-2H3,(H,18,21)(H,19,20,22). The Morgan fingerprint density at radius 3 is 2.96 bits per heavy atom. The van der Waals surface area contributed by atoms with E-state index in [1.807, 2.05) is 6.07 Å². The monoisotopic (exact) mass is 361 g/mol. The summed E-state index contributed by atoms with van der Waals surface area (Å²) >= 11 is 3.02. The van der Waals surface area contributed by atoms with Crippen LogP contribution >= 0.6 is 23.1 Å². The fraction of sp³-hybridized carbons (Fsp3) is 0.353. The van der Waals surface area contributed by atoms with Crippen LogP contribution in [0.3, 0.4) is 0 Å². The van der Waals surface area contributed by atoms with Gasteiger partial charge >= 0.3 is 0 Å². The fourth-order valence-electron chi connectivity index (χ4n) is 2.54. The summed E-state index contributed by atoms with van der Waals surface area (Å²) in [5, 5.41) is 6.32. The number of hydrogen-bond acceptors (Lipinski definition) is 5. The van der Waals surface area contributed by atoms with Crippen molar-refractivity contribution in [2.24, 2.45) is 0 Å². The highest BCUT2D eigenvalue weighted by molar-refractivity contribution is 8.00. The Morgan fingerprint density at radius 1 is 1.38 bits per heavy atom. The quantitative estimate of drug-likeness (QED) is 0.846. The number of rotatable bonds is 5. The van der Waals surface area contributed by atoms with Gasteiger partial charge in [-0.15, -0.1) is 23.1 Å². The average molecular weight is 361 g/mol. The van der Waals surface area contributed by atoms with E-state index in [1.54, 1.807) is 12.1 Å². The number of aromatic nitrogens is 1. The number of benzene rings is 1. The summed E-state index contributed by atoms with van der Waals surface area (Å²) in [4.78, 5) is 30.7. The normalized spacial score (nSPS) is 13.3. The van der Waals surface area contributed by atoms with E-state index in [9.17, 15) is 9.59 Å². The third-order valence-corrected chi connectivity index (χ3v) is 5.91. The van der Waals surface area contributed by atoms with E-state index >= 15 is 0 Å². The Morgan fingerprint density at radius 2 is 2.21 bits per heavy atom.